The van der Waals surface area contributed by atoms with Crippen LogP contribution in [0, 0.1) is 6.92 Å². The van der Waals surface area contributed by atoms with Crippen LogP contribution in [0.25, 0.3) is 0 Å². The van der Waals surface area contributed by atoms with Crippen molar-refractivity contribution in [3.05, 3.63) is 43.3 Å². The minimum atomic E-state index is 0.0788. The quantitative estimate of drug-likeness (QED) is 0.687. The zero-order chi connectivity index (χ0) is 11.3. The lowest BCUT2D eigenvalue weighted by Crippen LogP contribution is -1.97. The Morgan fingerprint density at radius 3 is 2.67 bits per heavy atom. The lowest BCUT2D eigenvalue weighted by molar-refractivity contribution is 0.310. The van der Waals surface area contributed by atoms with Crippen molar-refractivity contribution in [2.24, 2.45) is 0 Å². The average Bonchev–Trinajstić information content (AvgIpc) is 2.28. The zero-order valence-corrected chi connectivity index (χ0v) is 9.32. The highest BCUT2D eigenvalue weighted by atomic mass is 16.5. The zero-order valence-electron chi connectivity index (χ0n) is 9.32. The van der Waals surface area contributed by atoms with E-state index in [1.165, 1.54) is 0 Å². The summed E-state index contributed by atoms with van der Waals surface area (Å²) in [6.45, 7) is 10.3. The molecule has 0 heterocycles. The second kappa shape index (κ2) is 5.44. The molecule has 0 fully saturated rings. The van der Waals surface area contributed by atoms with Gasteiger partial charge in [-0.05, 0) is 31.5 Å². The summed E-state index contributed by atoms with van der Waals surface area (Å²) in [6, 6.07) is 5.81. The minimum Gasteiger partial charge on any atom is -0.493 e. The number of benzene rings is 1. The number of allylic oxidation sites excluding steroid dienone is 1. The molecule has 1 atom stereocenters. The highest BCUT2D eigenvalue weighted by molar-refractivity contribution is 5.44. The molecule has 1 radical (unpaired) electrons. The van der Waals surface area contributed by atoms with Gasteiger partial charge in [-0.1, -0.05) is 12.1 Å². The Balaban J connectivity index is 3.03. The molecule has 0 aliphatic rings. The first kappa shape index (κ1) is 11.6. The van der Waals surface area contributed by atoms with Gasteiger partial charge in [-0.3, -0.25) is 0 Å². The third-order valence-electron chi connectivity index (χ3n) is 2.20. The van der Waals surface area contributed by atoms with E-state index >= 15 is 0 Å². The van der Waals surface area contributed by atoms with Gasteiger partial charge in [0.05, 0.1) is 13.7 Å². The molecule has 0 aromatic heterocycles. The highest BCUT2D eigenvalue weighted by Gasteiger charge is 2.07. The van der Waals surface area contributed by atoms with Crippen LogP contribution in [-0.4, -0.2) is 13.7 Å². The molecule has 0 N–H and O–H groups in total. The first-order chi connectivity index (χ1) is 7.22. The first-order valence-electron chi connectivity index (χ1n) is 4.99. The van der Waals surface area contributed by atoms with Crippen LogP contribution in [0.2, 0.25) is 0 Å². The van der Waals surface area contributed by atoms with E-state index in [9.17, 15) is 0 Å². The van der Waals surface area contributed by atoms with E-state index in [0.29, 0.717) is 6.61 Å². The second-order valence-electron chi connectivity index (χ2n) is 3.19. The highest BCUT2D eigenvalue weighted by Crippen LogP contribution is 2.30. The molecule has 1 aromatic carbocycles. The lowest BCUT2D eigenvalue weighted by atomic mass is 10.0. The van der Waals surface area contributed by atoms with Crippen molar-refractivity contribution in [1.82, 2.24) is 0 Å². The number of rotatable bonds is 5. The summed E-state index contributed by atoms with van der Waals surface area (Å²) >= 11 is 0. The van der Waals surface area contributed by atoms with Gasteiger partial charge in [0.1, 0.15) is 0 Å². The molecule has 0 amide bonds. The largest absolute Gasteiger partial charge is 0.493 e. The maximum absolute atomic E-state index is 5.48. The van der Waals surface area contributed by atoms with E-state index in [1.807, 2.05) is 25.1 Å². The van der Waals surface area contributed by atoms with Crippen LogP contribution in [0.5, 0.6) is 11.5 Å². The van der Waals surface area contributed by atoms with Crippen LogP contribution in [0.1, 0.15) is 18.4 Å². The third kappa shape index (κ3) is 2.75. The summed E-state index contributed by atoms with van der Waals surface area (Å²) in [6.07, 6.45) is 1.80. The van der Waals surface area contributed by atoms with Crippen LogP contribution in [0.15, 0.2) is 30.9 Å². The van der Waals surface area contributed by atoms with Gasteiger partial charge in [-0.25, -0.2) is 0 Å². The molecule has 81 valence electrons. The van der Waals surface area contributed by atoms with Crippen LogP contribution >= 0.6 is 0 Å². The van der Waals surface area contributed by atoms with Crippen molar-refractivity contribution in [1.29, 1.82) is 0 Å². The van der Waals surface area contributed by atoms with Gasteiger partial charge >= 0.3 is 0 Å². The molecule has 1 aromatic rings. The summed E-state index contributed by atoms with van der Waals surface area (Å²) in [7, 11) is 1.63. The van der Waals surface area contributed by atoms with E-state index in [0.717, 1.165) is 17.1 Å². The third-order valence-corrected chi connectivity index (χ3v) is 2.20. The molecule has 1 unspecified atom stereocenters. The Labute approximate surface area is 91.5 Å². The normalized spacial score (nSPS) is 11.9. The molecule has 15 heavy (non-hydrogen) atoms. The summed E-state index contributed by atoms with van der Waals surface area (Å²) in [4.78, 5) is 0. The SMILES string of the molecule is [CH2]C(C=C)c1ccc(OC)c(OCC)c1. The van der Waals surface area contributed by atoms with E-state index in [4.69, 9.17) is 9.47 Å². The number of hydrogen-bond acceptors (Lipinski definition) is 2. The number of methoxy groups -OCH3 is 1. The Morgan fingerprint density at radius 1 is 1.40 bits per heavy atom. The van der Waals surface area contributed by atoms with E-state index in [-0.39, 0.29) is 5.92 Å². The summed E-state index contributed by atoms with van der Waals surface area (Å²) in [5.74, 6) is 1.58. The predicted molar refractivity (Wildman–Crippen MR) is 62.5 cm³/mol. The van der Waals surface area contributed by atoms with Crippen molar-refractivity contribution in [2.45, 2.75) is 12.8 Å². The summed E-state index contributed by atoms with van der Waals surface area (Å²) in [5.41, 5.74) is 1.08. The fourth-order valence-electron chi connectivity index (χ4n) is 1.33. The van der Waals surface area contributed by atoms with Gasteiger partial charge in [0.25, 0.3) is 0 Å². The van der Waals surface area contributed by atoms with Crippen molar-refractivity contribution in [2.75, 3.05) is 13.7 Å². The molecule has 2 nitrogen and oxygen atoms in total. The maximum Gasteiger partial charge on any atom is 0.161 e. The Kier molecular flexibility index (Phi) is 4.22. The molecule has 1 rings (SSSR count). The molecular weight excluding hydrogens is 188 g/mol. The second-order valence-corrected chi connectivity index (χ2v) is 3.19. The molecule has 0 saturated heterocycles. The molecular formula is C13H17O2. The number of ether oxygens (including phenoxy) is 2. The summed E-state index contributed by atoms with van der Waals surface area (Å²) < 4.78 is 10.7. The average molecular weight is 205 g/mol. The standard InChI is InChI=1S/C13H17O2/c1-5-10(3)11-7-8-12(14-4)13(9-11)15-6-2/h5,7-10H,1,3,6H2,2,4H3. The fraction of sp³-hybridized carbons (Fsp3) is 0.308. The Hall–Kier alpha value is -1.44. The van der Waals surface area contributed by atoms with E-state index in [2.05, 4.69) is 13.5 Å². The Morgan fingerprint density at radius 2 is 2.13 bits per heavy atom. The molecule has 0 spiro atoms. The van der Waals surface area contributed by atoms with Crippen molar-refractivity contribution in [3.8, 4) is 11.5 Å². The molecule has 0 saturated carbocycles. The van der Waals surface area contributed by atoms with Crippen LogP contribution in [0.3, 0.4) is 0 Å². The van der Waals surface area contributed by atoms with Crippen molar-refractivity contribution in [3.63, 3.8) is 0 Å². The molecule has 0 aliphatic heterocycles. The van der Waals surface area contributed by atoms with Gasteiger partial charge in [0, 0.05) is 5.92 Å². The smallest absolute Gasteiger partial charge is 0.161 e. The lowest BCUT2D eigenvalue weighted by Gasteiger charge is -2.12. The van der Waals surface area contributed by atoms with Crippen LogP contribution < -0.4 is 9.47 Å². The monoisotopic (exact) mass is 205 g/mol. The predicted octanol–water partition coefficient (Wildman–Crippen LogP) is 3.20. The van der Waals surface area contributed by atoms with Gasteiger partial charge in [-0.15, -0.1) is 6.58 Å². The minimum absolute atomic E-state index is 0.0788. The topological polar surface area (TPSA) is 18.5 Å². The van der Waals surface area contributed by atoms with Gasteiger partial charge < -0.3 is 9.47 Å². The van der Waals surface area contributed by atoms with Crippen molar-refractivity contribution >= 4 is 0 Å². The van der Waals surface area contributed by atoms with Crippen molar-refractivity contribution < 1.29 is 9.47 Å². The first-order valence-corrected chi connectivity index (χ1v) is 4.99. The molecule has 0 aliphatic carbocycles. The number of hydrogen-bond donors (Lipinski definition) is 0. The molecule has 0 bridgehead atoms. The van der Waals surface area contributed by atoms with Crippen LogP contribution in [-0.2, 0) is 0 Å². The van der Waals surface area contributed by atoms with Gasteiger partial charge in [0.2, 0.25) is 0 Å². The molecule has 2 heteroatoms. The Bertz CT molecular complexity index is 331. The summed E-state index contributed by atoms with van der Waals surface area (Å²) in [5, 5.41) is 0. The fourth-order valence-corrected chi connectivity index (χ4v) is 1.33. The van der Waals surface area contributed by atoms with E-state index < -0.39 is 0 Å². The van der Waals surface area contributed by atoms with E-state index in [1.54, 1.807) is 13.2 Å². The maximum atomic E-state index is 5.48. The van der Waals surface area contributed by atoms with Crippen LogP contribution in [0.4, 0.5) is 0 Å². The van der Waals surface area contributed by atoms with Gasteiger partial charge in [0.15, 0.2) is 11.5 Å². The van der Waals surface area contributed by atoms with Gasteiger partial charge in [-0.2, -0.15) is 0 Å².